The zero-order valence-electron chi connectivity index (χ0n) is 12.7. The molecule has 0 heterocycles. The van der Waals surface area contributed by atoms with E-state index in [1.807, 2.05) is 24.3 Å². The first kappa shape index (κ1) is 16.5. The van der Waals surface area contributed by atoms with Gasteiger partial charge in [0.25, 0.3) is 5.91 Å². The van der Waals surface area contributed by atoms with Crippen molar-refractivity contribution in [1.82, 2.24) is 10.2 Å². The van der Waals surface area contributed by atoms with Crippen LogP contribution < -0.4 is 10.1 Å². The van der Waals surface area contributed by atoms with Crippen molar-refractivity contribution >= 4 is 5.91 Å². The van der Waals surface area contributed by atoms with Gasteiger partial charge in [-0.1, -0.05) is 12.1 Å². The first-order valence-corrected chi connectivity index (χ1v) is 6.71. The molecule has 5 heteroatoms. The van der Waals surface area contributed by atoms with Crippen molar-refractivity contribution < 1.29 is 14.3 Å². The van der Waals surface area contributed by atoms with E-state index < -0.39 is 6.10 Å². The number of likely N-dealkylation sites (N-methyl/N-ethyl adjacent to an activating group) is 1. The van der Waals surface area contributed by atoms with E-state index in [0.717, 1.165) is 13.1 Å². The Kier molecular flexibility index (Phi) is 7.04. The van der Waals surface area contributed by atoms with E-state index in [2.05, 4.69) is 5.32 Å². The molecule has 1 aromatic rings. The van der Waals surface area contributed by atoms with E-state index in [1.165, 1.54) is 10.5 Å². The lowest BCUT2D eigenvalue weighted by atomic mass is 10.2. The van der Waals surface area contributed by atoms with Crippen LogP contribution in [0, 0.1) is 0 Å². The molecule has 5 nitrogen and oxygen atoms in total. The van der Waals surface area contributed by atoms with Gasteiger partial charge in [-0.25, -0.2) is 0 Å². The van der Waals surface area contributed by atoms with E-state index in [9.17, 15) is 4.79 Å². The van der Waals surface area contributed by atoms with Gasteiger partial charge in [0.1, 0.15) is 5.75 Å². The summed E-state index contributed by atoms with van der Waals surface area (Å²) in [4.78, 5) is 13.2. The normalized spacial score (nSPS) is 12.0. The fraction of sp³-hybridized carbons (Fsp3) is 0.533. The smallest absolute Gasteiger partial charge is 0.262 e. The number of carbonyl (C=O) groups is 1. The summed E-state index contributed by atoms with van der Waals surface area (Å²) < 4.78 is 10.6. The van der Waals surface area contributed by atoms with Crippen LogP contribution in [0.15, 0.2) is 24.3 Å². The number of rotatable bonds is 8. The molecule has 0 aliphatic carbocycles. The van der Waals surface area contributed by atoms with Crippen molar-refractivity contribution in [1.29, 1.82) is 0 Å². The van der Waals surface area contributed by atoms with Gasteiger partial charge in [-0.3, -0.25) is 4.79 Å². The third kappa shape index (κ3) is 5.59. The van der Waals surface area contributed by atoms with Crippen molar-refractivity contribution in [2.24, 2.45) is 0 Å². The number of nitrogens with one attached hydrogen (secondary N) is 1. The molecule has 1 N–H and O–H groups in total. The summed E-state index contributed by atoms with van der Waals surface area (Å²) in [6.07, 6.45) is -0.476. The summed E-state index contributed by atoms with van der Waals surface area (Å²) in [6.45, 7) is 4.06. The first-order chi connectivity index (χ1) is 9.54. The predicted octanol–water partition coefficient (Wildman–Crippen LogP) is 1.28. The SMILES string of the molecule is COCCNCc1ccc(OC(C)C(=O)N(C)C)cc1. The highest BCUT2D eigenvalue weighted by molar-refractivity contribution is 5.80. The molecule has 0 aromatic heterocycles. The second-order valence-corrected chi connectivity index (χ2v) is 4.81. The molecule has 20 heavy (non-hydrogen) atoms. The molecular weight excluding hydrogens is 256 g/mol. The van der Waals surface area contributed by atoms with Crippen LogP contribution in [-0.2, 0) is 16.1 Å². The van der Waals surface area contributed by atoms with E-state index in [-0.39, 0.29) is 5.91 Å². The van der Waals surface area contributed by atoms with Crippen LogP contribution in [0.25, 0.3) is 0 Å². The third-order valence-corrected chi connectivity index (χ3v) is 2.84. The minimum absolute atomic E-state index is 0.0460. The summed E-state index contributed by atoms with van der Waals surface area (Å²) >= 11 is 0. The topological polar surface area (TPSA) is 50.8 Å². The Morgan fingerprint density at radius 2 is 1.95 bits per heavy atom. The molecule has 0 fully saturated rings. The van der Waals surface area contributed by atoms with Gasteiger partial charge in [-0.2, -0.15) is 0 Å². The summed E-state index contributed by atoms with van der Waals surface area (Å²) in [5.41, 5.74) is 1.17. The number of benzene rings is 1. The van der Waals surface area contributed by atoms with Crippen LogP contribution in [0.2, 0.25) is 0 Å². The van der Waals surface area contributed by atoms with Crippen LogP contribution in [-0.4, -0.2) is 51.3 Å². The second-order valence-electron chi connectivity index (χ2n) is 4.81. The lowest BCUT2D eigenvalue weighted by molar-refractivity contribution is -0.135. The van der Waals surface area contributed by atoms with Crippen molar-refractivity contribution in [2.75, 3.05) is 34.4 Å². The molecule has 0 saturated heterocycles. The molecule has 0 radical (unpaired) electrons. The van der Waals surface area contributed by atoms with Gasteiger partial charge in [-0.15, -0.1) is 0 Å². The summed E-state index contributed by atoms with van der Waals surface area (Å²) in [7, 11) is 5.12. The highest BCUT2D eigenvalue weighted by Crippen LogP contribution is 2.14. The lowest BCUT2D eigenvalue weighted by Gasteiger charge is -2.18. The number of carbonyl (C=O) groups excluding carboxylic acids is 1. The Hall–Kier alpha value is -1.59. The maximum absolute atomic E-state index is 11.7. The zero-order chi connectivity index (χ0) is 15.0. The van der Waals surface area contributed by atoms with Crippen LogP contribution >= 0.6 is 0 Å². The van der Waals surface area contributed by atoms with Gasteiger partial charge in [0, 0.05) is 34.3 Å². The molecule has 0 saturated carbocycles. The van der Waals surface area contributed by atoms with E-state index in [1.54, 1.807) is 28.1 Å². The standard InChI is InChI=1S/C15H24N2O3/c1-12(15(18)17(2)3)20-14-7-5-13(6-8-14)11-16-9-10-19-4/h5-8,12,16H,9-11H2,1-4H3. The first-order valence-electron chi connectivity index (χ1n) is 6.71. The van der Waals surface area contributed by atoms with Crippen molar-refractivity contribution in [2.45, 2.75) is 19.6 Å². The fourth-order valence-corrected chi connectivity index (χ4v) is 1.71. The highest BCUT2D eigenvalue weighted by atomic mass is 16.5. The maximum Gasteiger partial charge on any atom is 0.262 e. The summed E-state index contributed by atoms with van der Waals surface area (Å²) in [5, 5.41) is 3.27. The molecule has 0 aliphatic heterocycles. The second kappa shape index (κ2) is 8.55. The van der Waals surface area contributed by atoms with Crippen molar-refractivity contribution in [3.05, 3.63) is 29.8 Å². The Morgan fingerprint density at radius 1 is 1.30 bits per heavy atom. The average molecular weight is 280 g/mol. The molecule has 0 bridgehead atoms. The molecule has 1 unspecified atom stereocenters. The van der Waals surface area contributed by atoms with Crippen molar-refractivity contribution in [3.63, 3.8) is 0 Å². The quantitative estimate of drug-likeness (QED) is 0.729. The molecule has 1 amide bonds. The molecule has 112 valence electrons. The molecular formula is C15H24N2O3. The lowest BCUT2D eigenvalue weighted by Crippen LogP contribution is -2.35. The van der Waals surface area contributed by atoms with Gasteiger partial charge in [0.15, 0.2) is 6.10 Å². The average Bonchev–Trinajstić information content (AvgIpc) is 2.44. The highest BCUT2D eigenvalue weighted by Gasteiger charge is 2.16. The van der Waals surface area contributed by atoms with Gasteiger partial charge < -0.3 is 19.7 Å². The molecule has 1 atom stereocenters. The maximum atomic E-state index is 11.7. The number of hydrogen-bond acceptors (Lipinski definition) is 4. The molecule has 1 aromatic carbocycles. The summed E-state index contributed by atoms with van der Waals surface area (Å²) in [5.74, 6) is 0.656. The van der Waals surface area contributed by atoms with Crippen LogP contribution in [0.5, 0.6) is 5.75 Å². The fourth-order valence-electron chi connectivity index (χ4n) is 1.71. The Balaban J connectivity index is 2.44. The number of methoxy groups -OCH3 is 1. The Labute approximate surface area is 120 Å². The minimum Gasteiger partial charge on any atom is -0.481 e. The van der Waals surface area contributed by atoms with Gasteiger partial charge in [0.05, 0.1) is 6.61 Å². The largest absolute Gasteiger partial charge is 0.481 e. The summed E-state index contributed by atoms with van der Waals surface area (Å²) in [6, 6.07) is 7.74. The van der Waals surface area contributed by atoms with Gasteiger partial charge in [0.2, 0.25) is 0 Å². The van der Waals surface area contributed by atoms with Gasteiger partial charge >= 0.3 is 0 Å². The number of hydrogen-bond donors (Lipinski definition) is 1. The minimum atomic E-state index is -0.476. The predicted molar refractivity (Wildman–Crippen MR) is 78.8 cm³/mol. The van der Waals surface area contributed by atoms with E-state index >= 15 is 0 Å². The number of ether oxygens (including phenoxy) is 2. The zero-order valence-corrected chi connectivity index (χ0v) is 12.7. The van der Waals surface area contributed by atoms with Crippen molar-refractivity contribution in [3.8, 4) is 5.75 Å². The van der Waals surface area contributed by atoms with Crippen LogP contribution in [0.3, 0.4) is 0 Å². The van der Waals surface area contributed by atoms with E-state index in [4.69, 9.17) is 9.47 Å². The van der Waals surface area contributed by atoms with Crippen LogP contribution in [0.1, 0.15) is 12.5 Å². The van der Waals surface area contributed by atoms with E-state index in [0.29, 0.717) is 12.4 Å². The van der Waals surface area contributed by atoms with Gasteiger partial charge in [-0.05, 0) is 24.6 Å². The Bertz CT molecular complexity index is 404. The monoisotopic (exact) mass is 280 g/mol. The molecule has 0 aliphatic rings. The third-order valence-electron chi connectivity index (χ3n) is 2.84. The molecule has 0 spiro atoms. The number of amides is 1. The van der Waals surface area contributed by atoms with Crippen LogP contribution in [0.4, 0.5) is 0 Å². The Morgan fingerprint density at radius 3 is 2.50 bits per heavy atom. The number of nitrogens with zero attached hydrogens (tertiary/aromatic N) is 1. The molecule has 1 rings (SSSR count).